The fourth-order valence-electron chi connectivity index (χ4n) is 1.02. The lowest BCUT2D eigenvalue weighted by Gasteiger charge is -1.98. The van der Waals surface area contributed by atoms with Crippen molar-refractivity contribution in [1.82, 2.24) is 20.1 Å². The highest BCUT2D eigenvalue weighted by Gasteiger charge is 2.03. The molecule has 0 saturated carbocycles. The lowest BCUT2D eigenvalue weighted by Crippen LogP contribution is -2.15. The molecule has 4 nitrogen and oxygen atoms in total. The van der Waals surface area contributed by atoms with Crippen LogP contribution in [0, 0.1) is 0 Å². The van der Waals surface area contributed by atoms with E-state index in [1.54, 1.807) is 0 Å². The molecule has 0 radical (unpaired) electrons. The standard InChI is InChI=1S/C8H16N4/c1-4-7-10-8(6-9-5-2)12(3)11-7/h9H,4-6H2,1-3H3. The van der Waals surface area contributed by atoms with Gasteiger partial charge in [0.05, 0.1) is 6.54 Å². The molecule has 1 heterocycles. The van der Waals surface area contributed by atoms with Crippen molar-refractivity contribution in [3.63, 3.8) is 0 Å². The zero-order chi connectivity index (χ0) is 8.97. The summed E-state index contributed by atoms with van der Waals surface area (Å²) < 4.78 is 1.83. The van der Waals surface area contributed by atoms with Crippen LogP contribution < -0.4 is 5.32 Å². The normalized spacial score (nSPS) is 10.6. The minimum Gasteiger partial charge on any atom is -0.310 e. The fourth-order valence-corrected chi connectivity index (χ4v) is 1.02. The van der Waals surface area contributed by atoms with E-state index < -0.39 is 0 Å². The number of aryl methyl sites for hydroxylation is 2. The SMILES string of the molecule is CCNCc1nc(CC)nn1C. The van der Waals surface area contributed by atoms with Crippen LogP contribution >= 0.6 is 0 Å². The first-order valence-electron chi connectivity index (χ1n) is 4.37. The third kappa shape index (κ3) is 2.04. The summed E-state index contributed by atoms with van der Waals surface area (Å²) in [5.41, 5.74) is 0. The summed E-state index contributed by atoms with van der Waals surface area (Å²) in [4.78, 5) is 4.36. The Labute approximate surface area is 73.0 Å². The molecule has 0 aliphatic rings. The topological polar surface area (TPSA) is 42.7 Å². The van der Waals surface area contributed by atoms with Crippen molar-refractivity contribution < 1.29 is 0 Å². The number of hydrogen-bond donors (Lipinski definition) is 1. The average Bonchev–Trinajstić information content (AvgIpc) is 2.43. The highest BCUT2D eigenvalue weighted by molar-refractivity contribution is 4.91. The molecule has 0 atom stereocenters. The second-order valence-corrected chi connectivity index (χ2v) is 2.70. The summed E-state index contributed by atoms with van der Waals surface area (Å²) in [6.45, 7) is 5.91. The van der Waals surface area contributed by atoms with Gasteiger partial charge in [-0.05, 0) is 6.54 Å². The Balaban J connectivity index is 2.64. The summed E-state index contributed by atoms with van der Waals surface area (Å²) in [6, 6.07) is 0. The maximum atomic E-state index is 4.36. The molecule has 1 aromatic rings. The van der Waals surface area contributed by atoms with E-state index in [-0.39, 0.29) is 0 Å². The first-order valence-corrected chi connectivity index (χ1v) is 4.37. The maximum absolute atomic E-state index is 4.36. The summed E-state index contributed by atoms with van der Waals surface area (Å²) in [5.74, 6) is 1.93. The van der Waals surface area contributed by atoms with E-state index in [2.05, 4.69) is 29.2 Å². The van der Waals surface area contributed by atoms with Crippen LogP contribution in [0.5, 0.6) is 0 Å². The molecule has 0 aliphatic carbocycles. The van der Waals surface area contributed by atoms with E-state index in [0.717, 1.165) is 31.2 Å². The van der Waals surface area contributed by atoms with Crippen LogP contribution in [0.1, 0.15) is 25.5 Å². The Hall–Kier alpha value is -0.900. The van der Waals surface area contributed by atoms with E-state index in [1.807, 2.05) is 11.7 Å². The predicted octanol–water partition coefficient (Wildman–Crippen LogP) is 0.487. The molecule has 12 heavy (non-hydrogen) atoms. The molecule has 1 N–H and O–H groups in total. The van der Waals surface area contributed by atoms with Gasteiger partial charge in [-0.2, -0.15) is 5.10 Å². The van der Waals surface area contributed by atoms with Crippen molar-refractivity contribution in [2.75, 3.05) is 6.54 Å². The van der Waals surface area contributed by atoms with Gasteiger partial charge >= 0.3 is 0 Å². The van der Waals surface area contributed by atoms with E-state index in [9.17, 15) is 0 Å². The van der Waals surface area contributed by atoms with Crippen LogP contribution in [0.3, 0.4) is 0 Å². The van der Waals surface area contributed by atoms with Crippen molar-refractivity contribution in [1.29, 1.82) is 0 Å². The van der Waals surface area contributed by atoms with Gasteiger partial charge in [-0.1, -0.05) is 13.8 Å². The van der Waals surface area contributed by atoms with Crippen LogP contribution in [-0.2, 0) is 20.0 Å². The van der Waals surface area contributed by atoms with Gasteiger partial charge in [-0.15, -0.1) is 0 Å². The van der Waals surface area contributed by atoms with Crippen LogP contribution in [-0.4, -0.2) is 21.3 Å². The lowest BCUT2D eigenvalue weighted by molar-refractivity contribution is 0.629. The van der Waals surface area contributed by atoms with E-state index >= 15 is 0 Å². The highest BCUT2D eigenvalue weighted by atomic mass is 15.3. The Kier molecular flexibility index (Phi) is 3.22. The van der Waals surface area contributed by atoms with Gasteiger partial charge < -0.3 is 5.32 Å². The monoisotopic (exact) mass is 168 g/mol. The smallest absolute Gasteiger partial charge is 0.150 e. The zero-order valence-corrected chi connectivity index (χ0v) is 7.96. The van der Waals surface area contributed by atoms with Gasteiger partial charge in [-0.25, -0.2) is 4.98 Å². The molecule has 0 fully saturated rings. The molecule has 1 rings (SSSR count). The number of rotatable bonds is 4. The van der Waals surface area contributed by atoms with Gasteiger partial charge in [0.15, 0.2) is 5.82 Å². The number of hydrogen-bond acceptors (Lipinski definition) is 3. The van der Waals surface area contributed by atoms with Gasteiger partial charge in [0.25, 0.3) is 0 Å². The van der Waals surface area contributed by atoms with Crippen molar-refractivity contribution in [2.24, 2.45) is 7.05 Å². The lowest BCUT2D eigenvalue weighted by atomic mass is 10.5. The third-order valence-electron chi connectivity index (χ3n) is 1.75. The molecule has 68 valence electrons. The molecule has 0 aliphatic heterocycles. The number of nitrogens with zero attached hydrogens (tertiary/aromatic N) is 3. The Bertz CT molecular complexity index is 241. The van der Waals surface area contributed by atoms with E-state index in [1.165, 1.54) is 0 Å². The fraction of sp³-hybridized carbons (Fsp3) is 0.750. The van der Waals surface area contributed by atoms with E-state index in [4.69, 9.17) is 0 Å². The second-order valence-electron chi connectivity index (χ2n) is 2.70. The van der Waals surface area contributed by atoms with Gasteiger partial charge in [0.2, 0.25) is 0 Å². The minimum absolute atomic E-state index is 0.806. The molecule has 1 aromatic heterocycles. The average molecular weight is 168 g/mol. The second kappa shape index (κ2) is 4.21. The summed E-state index contributed by atoms with van der Waals surface area (Å²) in [6.07, 6.45) is 0.903. The highest BCUT2D eigenvalue weighted by Crippen LogP contribution is 1.96. The predicted molar refractivity (Wildman–Crippen MR) is 47.8 cm³/mol. The van der Waals surface area contributed by atoms with Crippen LogP contribution in [0.2, 0.25) is 0 Å². The van der Waals surface area contributed by atoms with Crippen LogP contribution in [0.15, 0.2) is 0 Å². The first kappa shape index (κ1) is 9.19. The molecular formula is C8H16N4. The molecule has 0 bridgehead atoms. The molecule has 4 heteroatoms. The summed E-state index contributed by atoms with van der Waals surface area (Å²) in [7, 11) is 1.93. The van der Waals surface area contributed by atoms with Crippen molar-refractivity contribution in [3.8, 4) is 0 Å². The zero-order valence-electron chi connectivity index (χ0n) is 7.96. The minimum atomic E-state index is 0.806. The van der Waals surface area contributed by atoms with Crippen molar-refractivity contribution >= 4 is 0 Å². The van der Waals surface area contributed by atoms with E-state index in [0.29, 0.717) is 0 Å². The largest absolute Gasteiger partial charge is 0.310 e. The van der Waals surface area contributed by atoms with Gasteiger partial charge in [0.1, 0.15) is 5.82 Å². The van der Waals surface area contributed by atoms with Crippen molar-refractivity contribution in [2.45, 2.75) is 26.8 Å². The van der Waals surface area contributed by atoms with Crippen LogP contribution in [0.25, 0.3) is 0 Å². The third-order valence-corrected chi connectivity index (χ3v) is 1.75. The summed E-state index contributed by atoms with van der Waals surface area (Å²) >= 11 is 0. The Morgan fingerprint density at radius 2 is 2.17 bits per heavy atom. The molecule has 0 spiro atoms. The van der Waals surface area contributed by atoms with Crippen molar-refractivity contribution in [3.05, 3.63) is 11.6 Å². The quantitative estimate of drug-likeness (QED) is 0.711. The molecule has 0 saturated heterocycles. The van der Waals surface area contributed by atoms with Crippen LogP contribution in [0.4, 0.5) is 0 Å². The number of aromatic nitrogens is 3. The van der Waals surface area contributed by atoms with Gasteiger partial charge in [0, 0.05) is 13.5 Å². The Morgan fingerprint density at radius 3 is 2.67 bits per heavy atom. The van der Waals surface area contributed by atoms with Gasteiger partial charge in [-0.3, -0.25) is 4.68 Å². The molecular weight excluding hydrogens is 152 g/mol. The first-order chi connectivity index (χ1) is 5.77. The maximum Gasteiger partial charge on any atom is 0.150 e. The molecule has 0 unspecified atom stereocenters. The molecule has 0 amide bonds. The summed E-state index contributed by atoms with van der Waals surface area (Å²) in [5, 5.41) is 7.47. The number of nitrogens with one attached hydrogen (secondary N) is 1. The molecule has 0 aromatic carbocycles. The Morgan fingerprint density at radius 1 is 1.42 bits per heavy atom.